The topological polar surface area (TPSA) is 136 Å². The highest BCUT2D eigenvalue weighted by Crippen LogP contribution is 2.60. The summed E-state index contributed by atoms with van der Waals surface area (Å²) >= 11 is 9.77. The van der Waals surface area contributed by atoms with Crippen molar-refractivity contribution < 1.29 is 23.8 Å². The Morgan fingerprint density at radius 1 is 1.42 bits per heavy atom. The minimum atomic E-state index is -3.44. The number of aliphatic hydroxyl groups excluding tert-OH is 1. The largest absolute Gasteiger partial charge is 0.459 e. The van der Waals surface area contributed by atoms with Crippen LogP contribution in [0.3, 0.4) is 0 Å². The zero-order chi connectivity index (χ0) is 21.5. The molecule has 15 heteroatoms. The van der Waals surface area contributed by atoms with Crippen molar-refractivity contribution in [3.8, 4) is 11.3 Å². The lowest BCUT2D eigenvalue weighted by Gasteiger charge is -2.32. The molecular weight excluding hydrogens is 533 g/mol. The third kappa shape index (κ3) is 3.13. The first-order chi connectivity index (χ1) is 14.8. The van der Waals surface area contributed by atoms with Crippen molar-refractivity contribution in [2.75, 3.05) is 6.61 Å². The molecule has 6 rings (SSSR count). The number of halogens is 1. The number of rotatable bonds is 2. The van der Waals surface area contributed by atoms with Gasteiger partial charge in [0.2, 0.25) is 5.78 Å². The number of imidazole rings is 2. The van der Waals surface area contributed by atoms with Gasteiger partial charge < -0.3 is 27.1 Å². The van der Waals surface area contributed by atoms with Crippen molar-refractivity contribution in [1.82, 2.24) is 23.9 Å². The highest BCUT2D eigenvalue weighted by atomic mass is 79.9. The predicted octanol–water partition coefficient (Wildman–Crippen LogP) is 1.75. The number of aromatic amines is 1. The van der Waals surface area contributed by atoms with Gasteiger partial charge >= 0.3 is 0 Å². The van der Waals surface area contributed by atoms with Gasteiger partial charge in [0.15, 0.2) is 28.2 Å². The second-order valence-electron chi connectivity index (χ2n) is 7.10. The summed E-state index contributed by atoms with van der Waals surface area (Å²) < 4.78 is 19.6. The van der Waals surface area contributed by atoms with E-state index < -0.39 is 31.7 Å². The normalized spacial score (nSPS) is 31.0. The molecule has 4 aromatic rings. The molecule has 0 amide bonds. The van der Waals surface area contributed by atoms with Gasteiger partial charge in [-0.05, 0) is 27.4 Å². The van der Waals surface area contributed by atoms with Crippen LogP contribution >= 0.6 is 34.4 Å². The summed E-state index contributed by atoms with van der Waals surface area (Å²) in [6, 6.07) is 1.94. The third-order valence-electron chi connectivity index (χ3n) is 5.26. The van der Waals surface area contributed by atoms with Crippen molar-refractivity contribution in [1.29, 1.82) is 0 Å². The van der Waals surface area contributed by atoms with Crippen LogP contribution in [0.1, 0.15) is 6.23 Å². The minimum absolute atomic E-state index is 0.0167. The van der Waals surface area contributed by atoms with Gasteiger partial charge in [-0.3, -0.25) is 9.36 Å². The molecule has 5 atom stereocenters. The summed E-state index contributed by atoms with van der Waals surface area (Å²) in [5, 5.41) is 14.8. The number of aromatic nitrogens is 5. The quantitative estimate of drug-likeness (QED) is 0.195. The van der Waals surface area contributed by atoms with Crippen molar-refractivity contribution in [2.24, 2.45) is 0 Å². The molecule has 3 N–H and O–H groups in total. The zero-order valence-corrected chi connectivity index (χ0v) is 19.4. The van der Waals surface area contributed by atoms with E-state index in [4.69, 9.17) is 26.0 Å². The fraction of sp³-hybridized carbons (Fsp3) is 0.312. The molecule has 0 aromatic carbocycles. The summed E-state index contributed by atoms with van der Waals surface area (Å²) in [5.74, 6) is 0.322. The number of ether oxygens (including phenoxy) is 1. The number of H-pyrrole nitrogens is 1. The summed E-state index contributed by atoms with van der Waals surface area (Å²) in [4.78, 5) is 35.0. The van der Waals surface area contributed by atoms with E-state index in [1.54, 1.807) is 17.5 Å². The second-order valence-corrected chi connectivity index (χ2v) is 11.4. The first kappa shape index (κ1) is 20.3. The fourth-order valence-electron chi connectivity index (χ4n) is 3.84. The lowest BCUT2D eigenvalue weighted by Crippen LogP contribution is -2.40. The number of thiophene rings is 1. The number of aliphatic hydroxyl groups is 1. The molecule has 0 spiro atoms. The summed E-state index contributed by atoms with van der Waals surface area (Å²) in [7, 11) is -3.44. The Labute approximate surface area is 191 Å². The number of nitrogens with zero attached hydrogens (tertiary/aromatic N) is 4. The Balaban J connectivity index is 1.48. The maximum Gasteiger partial charge on any atom is 0.287 e. The van der Waals surface area contributed by atoms with Crippen molar-refractivity contribution in [3.63, 3.8) is 0 Å². The van der Waals surface area contributed by atoms with Gasteiger partial charge in [-0.1, -0.05) is 0 Å². The highest BCUT2D eigenvalue weighted by Gasteiger charge is 2.55. The molecule has 0 bridgehead atoms. The average molecular weight is 546 g/mol. The van der Waals surface area contributed by atoms with Gasteiger partial charge in [-0.2, -0.15) is 25.4 Å². The summed E-state index contributed by atoms with van der Waals surface area (Å²) in [5.41, 5.74) is 1.64. The molecule has 2 aliphatic heterocycles. The van der Waals surface area contributed by atoms with E-state index in [1.807, 2.05) is 16.8 Å². The number of hydrogen-bond donors (Lipinski definition) is 3. The minimum Gasteiger partial charge on any atom is -0.459 e. The summed E-state index contributed by atoms with van der Waals surface area (Å²) in [6.07, 6.45) is -2.02. The van der Waals surface area contributed by atoms with Crippen molar-refractivity contribution >= 4 is 63.6 Å². The van der Waals surface area contributed by atoms with Crippen LogP contribution in [-0.2, 0) is 26.0 Å². The van der Waals surface area contributed by atoms with E-state index in [0.29, 0.717) is 5.78 Å². The SMILES string of the molecule is O=c1c2nc(Br)n([C@@H]3OC4CO[P+](O)([S-])O[C@H]4C3O)c2nc2[nH]c(-c3ccsc3)cn12. The number of fused-ring (bicyclic) bond motifs is 3. The third-order valence-corrected chi connectivity index (χ3v) is 8.06. The Kier molecular flexibility index (Phi) is 4.62. The molecule has 162 valence electrons. The van der Waals surface area contributed by atoms with E-state index in [9.17, 15) is 14.8 Å². The van der Waals surface area contributed by atoms with E-state index in [-0.39, 0.29) is 28.1 Å². The summed E-state index contributed by atoms with van der Waals surface area (Å²) in [6.45, 7) is -0.0167. The monoisotopic (exact) mass is 545 g/mol. The molecule has 6 heterocycles. The van der Waals surface area contributed by atoms with Gasteiger partial charge in [0.05, 0.1) is 5.69 Å². The van der Waals surface area contributed by atoms with Crippen molar-refractivity contribution in [3.05, 3.63) is 38.1 Å². The molecule has 11 nitrogen and oxygen atoms in total. The molecule has 2 fully saturated rings. The van der Waals surface area contributed by atoms with Crippen LogP contribution in [0, 0.1) is 0 Å². The van der Waals surface area contributed by atoms with Crippen LogP contribution in [0.2, 0.25) is 0 Å². The molecule has 2 saturated heterocycles. The van der Waals surface area contributed by atoms with Gasteiger partial charge in [0.25, 0.3) is 12.7 Å². The molecule has 0 saturated carbocycles. The van der Waals surface area contributed by atoms with E-state index in [0.717, 1.165) is 11.3 Å². The molecule has 31 heavy (non-hydrogen) atoms. The second kappa shape index (κ2) is 7.07. The molecule has 2 aliphatic rings. The Morgan fingerprint density at radius 2 is 2.26 bits per heavy atom. The molecule has 0 aliphatic carbocycles. The Hall–Kier alpha value is -1.35. The smallest absolute Gasteiger partial charge is 0.287 e. The van der Waals surface area contributed by atoms with Crippen LogP contribution in [0.5, 0.6) is 0 Å². The highest BCUT2D eigenvalue weighted by molar-refractivity contribution is 9.10. The lowest BCUT2D eigenvalue weighted by atomic mass is 10.1. The predicted molar refractivity (Wildman–Crippen MR) is 117 cm³/mol. The molecule has 0 radical (unpaired) electrons. The zero-order valence-electron chi connectivity index (χ0n) is 15.3. The van der Waals surface area contributed by atoms with Crippen LogP contribution < -0.4 is 5.56 Å². The Bertz CT molecular complexity index is 1370. The van der Waals surface area contributed by atoms with E-state index in [2.05, 4.69) is 30.9 Å². The van der Waals surface area contributed by atoms with E-state index in [1.165, 1.54) is 8.97 Å². The first-order valence-corrected chi connectivity index (χ1v) is 13.4. The molecule has 3 unspecified atom stereocenters. The molecular formula is C16H13BrN5O6PS2. The molecule has 4 aromatic heterocycles. The standard InChI is InChI=1S/C16H13BrN5O6PS2/c17-15-19-9-12(20-16-18-7(3-21(16)13(9)24)6-1-2-31-5-6)22(15)14-10(23)11-8(27-14)4-26-29(25,30)28-11/h1-3,5,8,10-11,14,23H,4H2,(H,18,20)(H,25,30)/t8?,10?,11-,14-,29?/m1/s1. The van der Waals surface area contributed by atoms with Crippen LogP contribution in [0.15, 0.2) is 32.6 Å². The maximum absolute atomic E-state index is 13.1. The van der Waals surface area contributed by atoms with Gasteiger partial charge in [-0.15, -0.1) is 0 Å². The average Bonchev–Trinajstić information content (AvgIpc) is 3.48. The van der Waals surface area contributed by atoms with Crippen LogP contribution in [0.25, 0.3) is 28.2 Å². The lowest BCUT2D eigenvalue weighted by molar-refractivity contribution is -0.0606. The van der Waals surface area contributed by atoms with Crippen LogP contribution in [0.4, 0.5) is 0 Å². The number of hydrogen-bond acceptors (Lipinski definition) is 10. The van der Waals surface area contributed by atoms with Gasteiger partial charge in [0.1, 0.15) is 18.8 Å². The van der Waals surface area contributed by atoms with E-state index >= 15 is 0 Å². The first-order valence-electron chi connectivity index (χ1n) is 9.03. The maximum atomic E-state index is 13.1. The van der Waals surface area contributed by atoms with Gasteiger partial charge in [0, 0.05) is 17.1 Å². The van der Waals surface area contributed by atoms with Crippen LogP contribution in [-0.4, -0.2) is 58.8 Å². The fourth-order valence-corrected chi connectivity index (χ4v) is 6.49. The van der Waals surface area contributed by atoms with Crippen molar-refractivity contribution in [2.45, 2.75) is 24.5 Å². The van der Waals surface area contributed by atoms with Gasteiger partial charge in [-0.25, -0.2) is 14.3 Å². The Morgan fingerprint density at radius 3 is 3.03 bits per heavy atom. The number of nitrogens with one attached hydrogen (secondary N) is 1.